The molecule has 0 aliphatic heterocycles. The van der Waals surface area contributed by atoms with Gasteiger partial charge in [0.15, 0.2) is 5.82 Å². The first-order chi connectivity index (χ1) is 11.5. The maximum Gasteiger partial charge on any atom is 0.314 e. The van der Waals surface area contributed by atoms with Gasteiger partial charge in [-0.1, -0.05) is 0 Å². The van der Waals surface area contributed by atoms with Crippen molar-refractivity contribution in [3.8, 4) is 0 Å². The molecule has 24 heavy (non-hydrogen) atoms. The molecule has 0 bridgehead atoms. The van der Waals surface area contributed by atoms with Crippen LogP contribution in [-0.2, 0) is 17.9 Å². The van der Waals surface area contributed by atoms with Gasteiger partial charge in [-0.2, -0.15) is 0 Å². The number of aryl methyl sites for hydroxylation is 3. The van der Waals surface area contributed by atoms with Crippen LogP contribution in [0.5, 0.6) is 0 Å². The lowest BCUT2D eigenvalue weighted by molar-refractivity contribution is 0.126. The molecule has 0 unspecified atom stereocenters. The van der Waals surface area contributed by atoms with Gasteiger partial charge < -0.3 is 25.7 Å². The number of imidazole rings is 1. The Labute approximate surface area is 141 Å². The van der Waals surface area contributed by atoms with E-state index in [1.165, 1.54) is 0 Å². The van der Waals surface area contributed by atoms with E-state index in [4.69, 9.17) is 10.5 Å². The van der Waals surface area contributed by atoms with Crippen molar-refractivity contribution in [2.75, 3.05) is 25.9 Å². The summed E-state index contributed by atoms with van der Waals surface area (Å²) >= 11 is 0. The Morgan fingerprint density at radius 3 is 2.75 bits per heavy atom. The van der Waals surface area contributed by atoms with Crippen LogP contribution in [0.1, 0.15) is 30.4 Å². The zero-order valence-electron chi connectivity index (χ0n) is 14.8. The number of urea groups is 1. The van der Waals surface area contributed by atoms with E-state index in [1.54, 1.807) is 7.05 Å². The predicted molar refractivity (Wildman–Crippen MR) is 93.8 cm³/mol. The smallest absolute Gasteiger partial charge is 0.314 e. The summed E-state index contributed by atoms with van der Waals surface area (Å²) in [6.07, 6.45) is 0.777. The fourth-order valence-electron chi connectivity index (χ4n) is 2.62. The van der Waals surface area contributed by atoms with Crippen LogP contribution in [0.25, 0.3) is 11.0 Å². The Kier molecular flexibility index (Phi) is 5.97. The van der Waals surface area contributed by atoms with Crippen LogP contribution in [0.4, 0.5) is 10.6 Å². The molecule has 0 atom stereocenters. The van der Waals surface area contributed by atoms with Gasteiger partial charge in [0, 0.05) is 32.4 Å². The van der Waals surface area contributed by atoms with Crippen LogP contribution >= 0.6 is 0 Å². The van der Waals surface area contributed by atoms with E-state index >= 15 is 0 Å². The van der Waals surface area contributed by atoms with Gasteiger partial charge in [0.1, 0.15) is 17.9 Å². The van der Waals surface area contributed by atoms with Crippen LogP contribution in [0.2, 0.25) is 0 Å². The number of carbonyl (C=O) groups excluding carboxylic acids is 1. The number of pyridine rings is 1. The number of nitrogens with one attached hydrogen (secondary N) is 2. The average Bonchev–Trinajstić information content (AvgIpc) is 2.93. The Bertz CT molecular complexity index is 725. The molecular weight excluding hydrogens is 308 g/mol. The third kappa shape index (κ3) is 3.76. The van der Waals surface area contributed by atoms with E-state index in [0.29, 0.717) is 37.6 Å². The summed E-state index contributed by atoms with van der Waals surface area (Å²) in [5.41, 5.74) is 9.73. The summed E-state index contributed by atoms with van der Waals surface area (Å²) in [6, 6.07) is -0.180. The van der Waals surface area contributed by atoms with Crippen LogP contribution in [0, 0.1) is 13.8 Å². The monoisotopic (exact) mass is 334 g/mol. The van der Waals surface area contributed by atoms with Gasteiger partial charge in [-0.3, -0.25) is 0 Å². The first-order valence-corrected chi connectivity index (χ1v) is 8.14. The minimum Gasteiger partial charge on any atom is -0.382 e. The number of anilines is 1. The lowest BCUT2D eigenvalue weighted by Gasteiger charge is -2.12. The molecule has 0 fully saturated rings. The number of nitrogens with two attached hydrogens (primary N) is 1. The van der Waals surface area contributed by atoms with Crippen LogP contribution in [-0.4, -0.2) is 40.8 Å². The predicted octanol–water partition coefficient (Wildman–Crippen LogP) is 1.49. The molecule has 0 aliphatic carbocycles. The van der Waals surface area contributed by atoms with Gasteiger partial charge in [0.25, 0.3) is 0 Å². The fraction of sp³-hybridized carbons (Fsp3) is 0.562. The largest absolute Gasteiger partial charge is 0.382 e. The summed E-state index contributed by atoms with van der Waals surface area (Å²) in [6.45, 7) is 8.25. The molecule has 0 aromatic carbocycles. The minimum absolute atomic E-state index is 0.180. The summed E-state index contributed by atoms with van der Waals surface area (Å²) in [5.74, 6) is 1.27. The maximum absolute atomic E-state index is 11.3. The number of rotatable bonds is 7. The Hall–Kier alpha value is -2.35. The fourth-order valence-corrected chi connectivity index (χ4v) is 2.62. The molecule has 0 saturated heterocycles. The normalized spacial score (nSPS) is 11.0. The maximum atomic E-state index is 11.3. The Morgan fingerprint density at radius 2 is 2.08 bits per heavy atom. The highest BCUT2D eigenvalue weighted by atomic mass is 16.5. The Balaban J connectivity index is 2.31. The number of carbonyl (C=O) groups is 1. The van der Waals surface area contributed by atoms with Gasteiger partial charge in [-0.25, -0.2) is 14.8 Å². The van der Waals surface area contributed by atoms with E-state index in [-0.39, 0.29) is 6.03 Å². The number of hydrogen-bond acceptors (Lipinski definition) is 5. The highest BCUT2D eigenvalue weighted by Gasteiger charge is 2.17. The molecule has 2 aromatic rings. The standard InChI is InChI=1S/C16H26N6O2/c1-5-24-9-12-21-13-14(10(2)11(3)20-15(13)17)22(12)8-6-7-19-16(23)18-4/h5-9H2,1-4H3,(H2,17,20)(H2,18,19,23). The molecule has 4 N–H and O–H groups in total. The first kappa shape index (κ1) is 18.0. The molecular formula is C16H26N6O2. The second-order valence-electron chi connectivity index (χ2n) is 5.58. The zero-order chi connectivity index (χ0) is 17.7. The molecule has 8 nitrogen and oxygen atoms in total. The third-order valence-electron chi connectivity index (χ3n) is 3.98. The molecule has 2 heterocycles. The topological polar surface area (TPSA) is 107 Å². The highest BCUT2D eigenvalue weighted by molar-refractivity contribution is 5.88. The second kappa shape index (κ2) is 7.96. The number of aromatic nitrogens is 3. The minimum atomic E-state index is -0.180. The van der Waals surface area contributed by atoms with Crippen molar-refractivity contribution >= 4 is 22.9 Å². The summed E-state index contributed by atoms with van der Waals surface area (Å²) < 4.78 is 7.66. The van der Waals surface area contributed by atoms with Gasteiger partial charge in [-0.05, 0) is 32.8 Å². The number of ether oxygens (including phenoxy) is 1. The van der Waals surface area contributed by atoms with Gasteiger partial charge in [0.05, 0.1) is 5.52 Å². The third-order valence-corrected chi connectivity index (χ3v) is 3.98. The van der Waals surface area contributed by atoms with E-state index in [0.717, 1.165) is 29.0 Å². The van der Waals surface area contributed by atoms with Crippen molar-refractivity contribution in [3.63, 3.8) is 0 Å². The van der Waals surface area contributed by atoms with Gasteiger partial charge >= 0.3 is 6.03 Å². The van der Waals surface area contributed by atoms with E-state index in [9.17, 15) is 4.79 Å². The quantitative estimate of drug-likeness (QED) is 0.665. The summed E-state index contributed by atoms with van der Waals surface area (Å²) in [5, 5.41) is 5.33. The first-order valence-electron chi connectivity index (χ1n) is 8.14. The van der Waals surface area contributed by atoms with Crippen molar-refractivity contribution in [1.82, 2.24) is 25.2 Å². The summed E-state index contributed by atoms with van der Waals surface area (Å²) in [4.78, 5) is 20.2. The number of hydrogen-bond donors (Lipinski definition) is 3. The van der Waals surface area contributed by atoms with Crippen molar-refractivity contribution in [3.05, 3.63) is 17.1 Å². The molecule has 8 heteroatoms. The molecule has 0 saturated carbocycles. The van der Waals surface area contributed by atoms with E-state index < -0.39 is 0 Å². The number of nitrogen functional groups attached to an aromatic ring is 1. The molecule has 132 valence electrons. The summed E-state index contributed by atoms with van der Waals surface area (Å²) in [7, 11) is 1.60. The van der Waals surface area contributed by atoms with Crippen molar-refractivity contribution in [2.45, 2.75) is 40.3 Å². The van der Waals surface area contributed by atoms with Crippen LogP contribution in [0.15, 0.2) is 0 Å². The van der Waals surface area contributed by atoms with E-state index in [2.05, 4.69) is 25.2 Å². The zero-order valence-corrected chi connectivity index (χ0v) is 14.8. The molecule has 2 rings (SSSR count). The van der Waals surface area contributed by atoms with Crippen molar-refractivity contribution < 1.29 is 9.53 Å². The Morgan fingerprint density at radius 1 is 1.33 bits per heavy atom. The SMILES string of the molecule is CCOCc1nc2c(N)nc(C)c(C)c2n1CCCNC(=O)NC. The number of nitrogens with zero attached hydrogens (tertiary/aromatic N) is 3. The molecule has 2 amide bonds. The number of fused-ring (bicyclic) bond motifs is 1. The van der Waals surface area contributed by atoms with Gasteiger partial charge in [0.2, 0.25) is 0 Å². The van der Waals surface area contributed by atoms with E-state index in [1.807, 2.05) is 20.8 Å². The number of amides is 2. The highest BCUT2D eigenvalue weighted by Crippen LogP contribution is 2.26. The average molecular weight is 334 g/mol. The van der Waals surface area contributed by atoms with Crippen molar-refractivity contribution in [2.24, 2.45) is 0 Å². The molecule has 0 aliphatic rings. The molecule has 0 spiro atoms. The molecule has 2 aromatic heterocycles. The van der Waals surface area contributed by atoms with Crippen molar-refractivity contribution in [1.29, 1.82) is 0 Å². The lowest BCUT2D eigenvalue weighted by Crippen LogP contribution is -2.33. The molecule has 0 radical (unpaired) electrons. The second-order valence-corrected chi connectivity index (χ2v) is 5.58. The lowest BCUT2D eigenvalue weighted by atomic mass is 10.2. The van der Waals surface area contributed by atoms with Crippen LogP contribution in [0.3, 0.4) is 0 Å². The van der Waals surface area contributed by atoms with Gasteiger partial charge in [-0.15, -0.1) is 0 Å². The van der Waals surface area contributed by atoms with Crippen LogP contribution < -0.4 is 16.4 Å².